The van der Waals surface area contributed by atoms with Gasteiger partial charge >= 0.3 is 5.97 Å². The second-order valence-corrected chi connectivity index (χ2v) is 5.27. The van der Waals surface area contributed by atoms with E-state index in [1.807, 2.05) is 24.3 Å². The van der Waals surface area contributed by atoms with Gasteiger partial charge in [-0.3, -0.25) is 0 Å². The Kier molecular flexibility index (Phi) is 3.52. The Balaban J connectivity index is 1.62. The summed E-state index contributed by atoms with van der Waals surface area (Å²) >= 11 is 0. The lowest BCUT2D eigenvalue weighted by atomic mass is 10.1. The molecule has 1 heterocycles. The minimum atomic E-state index is -0.895. The van der Waals surface area contributed by atoms with Crippen LogP contribution in [0.5, 0.6) is 5.75 Å². The van der Waals surface area contributed by atoms with Crippen molar-refractivity contribution in [2.45, 2.75) is 19.4 Å². The molecule has 0 fully saturated rings. The van der Waals surface area contributed by atoms with Gasteiger partial charge in [0.15, 0.2) is 0 Å². The highest BCUT2D eigenvalue weighted by atomic mass is 16.5. The number of aromatic carboxylic acids is 1. The summed E-state index contributed by atoms with van der Waals surface area (Å²) in [5, 5.41) is 12.3. The van der Waals surface area contributed by atoms with E-state index >= 15 is 0 Å². The average Bonchev–Trinajstić information content (AvgIpc) is 2.87. The Bertz CT molecular complexity index is 656. The SMILES string of the molecule is Cc1cc(NCC2Cc3ccccc3O2)ccc1C(=O)O. The largest absolute Gasteiger partial charge is 0.488 e. The molecule has 2 N–H and O–H groups in total. The van der Waals surface area contributed by atoms with Gasteiger partial charge in [0.05, 0.1) is 12.1 Å². The first-order valence-electron chi connectivity index (χ1n) is 6.96. The Labute approximate surface area is 123 Å². The lowest BCUT2D eigenvalue weighted by Gasteiger charge is -2.13. The van der Waals surface area contributed by atoms with E-state index in [0.717, 1.165) is 23.4 Å². The maximum atomic E-state index is 11.0. The van der Waals surface area contributed by atoms with Crippen LogP contribution in [0, 0.1) is 6.92 Å². The molecule has 1 unspecified atom stereocenters. The maximum absolute atomic E-state index is 11.0. The first-order valence-corrected chi connectivity index (χ1v) is 6.96. The first-order chi connectivity index (χ1) is 10.1. The summed E-state index contributed by atoms with van der Waals surface area (Å²) in [6, 6.07) is 13.3. The number of rotatable bonds is 4. The smallest absolute Gasteiger partial charge is 0.335 e. The van der Waals surface area contributed by atoms with Crippen LogP contribution in [-0.4, -0.2) is 23.7 Å². The van der Waals surface area contributed by atoms with Crippen LogP contribution in [0.2, 0.25) is 0 Å². The highest BCUT2D eigenvalue weighted by Crippen LogP contribution is 2.28. The number of nitrogens with one attached hydrogen (secondary N) is 1. The second-order valence-electron chi connectivity index (χ2n) is 5.27. The lowest BCUT2D eigenvalue weighted by Crippen LogP contribution is -2.24. The van der Waals surface area contributed by atoms with Crippen molar-refractivity contribution in [2.24, 2.45) is 0 Å². The first kappa shape index (κ1) is 13.5. The number of carboxylic acids is 1. The van der Waals surface area contributed by atoms with Gasteiger partial charge in [-0.05, 0) is 42.3 Å². The topological polar surface area (TPSA) is 58.6 Å². The zero-order valence-electron chi connectivity index (χ0n) is 11.8. The Morgan fingerprint density at radius 1 is 1.33 bits per heavy atom. The van der Waals surface area contributed by atoms with Gasteiger partial charge in [-0.1, -0.05) is 18.2 Å². The van der Waals surface area contributed by atoms with E-state index in [0.29, 0.717) is 12.1 Å². The molecule has 0 spiro atoms. The maximum Gasteiger partial charge on any atom is 0.335 e. The number of hydrogen-bond acceptors (Lipinski definition) is 3. The Morgan fingerprint density at radius 3 is 2.86 bits per heavy atom. The molecular formula is C17H17NO3. The summed E-state index contributed by atoms with van der Waals surface area (Å²) in [7, 11) is 0. The van der Waals surface area contributed by atoms with E-state index in [2.05, 4.69) is 11.4 Å². The standard InChI is InChI=1S/C17H17NO3/c1-11-8-13(6-7-15(11)17(19)20)18-10-14-9-12-4-2-3-5-16(12)21-14/h2-8,14,18H,9-10H2,1H3,(H,19,20). The molecule has 4 nitrogen and oxygen atoms in total. The van der Waals surface area contributed by atoms with Crippen molar-refractivity contribution in [2.75, 3.05) is 11.9 Å². The molecule has 1 aliphatic heterocycles. The van der Waals surface area contributed by atoms with Crippen LogP contribution in [-0.2, 0) is 6.42 Å². The van der Waals surface area contributed by atoms with Gasteiger partial charge in [-0.25, -0.2) is 4.79 Å². The minimum absolute atomic E-state index is 0.113. The third kappa shape index (κ3) is 2.84. The summed E-state index contributed by atoms with van der Waals surface area (Å²) in [5.41, 5.74) is 3.24. The van der Waals surface area contributed by atoms with E-state index in [9.17, 15) is 4.79 Å². The molecule has 108 valence electrons. The van der Waals surface area contributed by atoms with Crippen LogP contribution in [0.3, 0.4) is 0 Å². The fraction of sp³-hybridized carbons (Fsp3) is 0.235. The zero-order chi connectivity index (χ0) is 14.8. The van der Waals surface area contributed by atoms with E-state index in [4.69, 9.17) is 9.84 Å². The zero-order valence-corrected chi connectivity index (χ0v) is 11.8. The fourth-order valence-corrected chi connectivity index (χ4v) is 2.61. The highest BCUT2D eigenvalue weighted by molar-refractivity contribution is 5.89. The molecule has 0 saturated carbocycles. The van der Waals surface area contributed by atoms with Gasteiger partial charge in [-0.2, -0.15) is 0 Å². The van der Waals surface area contributed by atoms with Crippen molar-refractivity contribution >= 4 is 11.7 Å². The third-order valence-corrected chi connectivity index (χ3v) is 3.70. The van der Waals surface area contributed by atoms with Crippen LogP contribution in [0.1, 0.15) is 21.5 Å². The second kappa shape index (κ2) is 5.48. The van der Waals surface area contributed by atoms with Crippen molar-refractivity contribution in [3.8, 4) is 5.75 Å². The van der Waals surface area contributed by atoms with E-state index in [1.54, 1.807) is 19.1 Å². The Morgan fingerprint density at radius 2 is 2.14 bits per heavy atom. The fourth-order valence-electron chi connectivity index (χ4n) is 2.61. The van der Waals surface area contributed by atoms with Crippen LogP contribution >= 0.6 is 0 Å². The minimum Gasteiger partial charge on any atom is -0.488 e. The quantitative estimate of drug-likeness (QED) is 0.905. The number of anilines is 1. The normalized spacial score (nSPS) is 16.1. The predicted molar refractivity (Wildman–Crippen MR) is 81.2 cm³/mol. The van der Waals surface area contributed by atoms with Gasteiger partial charge in [0.1, 0.15) is 11.9 Å². The summed E-state index contributed by atoms with van der Waals surface area (Å²) < 4.78 is 5.86. The van der Waals surface area contributed by atoms with Crippen molar-refractivity contribution < 1.29 is 14.6 Å². The van der Waals surface area contributed by atoms with Gasteiger partial charge < -0.3 is 15.2 Å². The van der Waals surface area contributed by atoms with Crippen LogP contribution in [0.4, 0.5) is 5.69 Å². The molecule has 4 heteroatoms. The number of fused-ring (bicyclic) bond motifs is 1. The van der Waals surface area contributed by atoms with Crippen molar-refractivity contribution in [1.82, 2.24) is 0 Å². The van der Waals surface area contributed by atoms with Crippen LogP contribution < -0.4 is 10.1 Å². The molecule has 0 radical (unpaired) electrons. The monoisotopic (exact) mass is 283 g/mol. The number of ether oxygens (including phenoxy) is 1. The number of hydrogen-bond donors (Lipinski definition) is 2. The summed E-state index contributed by atoms with van der Waals surface area (Å²) in [6.07, 6.45) is 1.01. The molecule has 0 aliphatic carbocycles. The molecule has 0 amide bonds. The molecule has 1 aliphatic rings. The molecule has 0 saturated heterocycles. The lowest BCUT2D eigenvalue weighted by molar-refractivity contribution is 0.0696. The molecule has 3 rings (SSSR count). The van der Waals surface area contributed by atoms with E-state index in [1.165, 1.54) is 5.56 Å². The third-order valence-electron chi connectivity index (χ3n) is 3.70. The predicted octanol–water partition coefficient (Wildman–Crippen LogP) is 3.11. The molecular weight excluding hydrogens is 266 g/mol. The van der Waals surface area contributed by atoms with Crippen LogP contribution in [0.25, 0.3) is 0 Å². The van der Waals surface area contributed by atoms with Crippen molar-refractivity contribution in [1.29, 1.82) is 0 Å². The number of aryl methyl sites for hydroxylation is 1. The van der Waals surface area contributed by atoms with Crippen LogP contribution in [0.15, 0.2) is 42.5 Å². The summed E-state index contributed by atoms with van der Waals surface area (Å²) in [5.74, 6) is 0.0651. The molecule has 1 atom stereocenters. The van der Waals surface area contributed by atoms with Gasteiger partial charge in [-0.15, -0.1) is 0 Å². The van der Waals surface area contributed by atoms with Gasteiger partial charge in [0.25, 0.3) is 0 Å². The summed E-state index contributed by atoms with van der Waals surface area (Å²) in [4.78, 5) is 11.0. The number of carboxylic acid groups (broad SMARTS) is 1. The molecule has 21 heavy (non-hydrogen) atoms. The number of benzene rings is 2. The Hall–Kier alpha value is -2.49. The molecule has 2 aromatic carbocycles. The van der Waals surface area contributed by atoms with Crippen molar-refractivity contribution in [3.63, 3.8) is 0 Å². The van der Waals surface area contributed by atoms with Gasteiger partial charge in [0.2, 0.25) is 0 Å². The van der Waals surface area contributed by atoms with Gasteiger partial charge in [0, 0.05) is 12.1 Å². The molecule has 2 aromatic rings. The molecule has 0 bridgehead atoms. The number of para-hydroxylation sites is 1. The number of carbonyl (C=O) groups is 1. The summed E-state index contributed by atoms with van der Waals surface area (Å²) in [6.45, 7) is 2.50. The van der Waals surface area contributed by atoms with E-state index in [-0.39, 0.29) is 6.10 Å². The molecule has 0 aromatic heterocycles. The van der Waals surface area contributed by atoms with Crippen molar-refractivity contribution in [3.05, 3.63) is 59.2 Å². The average molecular weight is 283 g/mol. The van der Waals surface area contributed by atoms with E-state index < -0.39 is 5.97 Å². The highest BCUT2D eigenvalue weighted by Gasteiger charge is 2.21.